The summed E-state index contributed by atoms with van der Waals surface area (Å²) < 4.78 is 0. The van der Waals surface area contributed by atoms with E-state index in [1.54, 1.807) is 48.7 Å². The number of nitrogens with zero attached hydrogens (tertiary/aromatic N) is 3. The predicted octanol–water partition coefficient (Wildman–Crippen LogP) is 6.00. The van der Waals surface area contributed by atoms with Gasteiger partial charge in [0.1, 0.15) is 0 Å². The highest BCUT2D eigenvalue weighted by Crippen LogP contribution is 2.30. The van der Waals surface area contributed by atoms with Gasteiger partial charge in [0.05, 0.1) is 20.8 Å². The van der Waals surface area contributed by atoms with Crippen LogP contribution in [0.4, 0.5) is 22.2 Å². The largest absolute Gasteiger partial charge is 0.322 e. The Morgan fingerprint density at radius 2 is 1.63 bits per heavy atom. The van der Waals surface area contributed by atoms with E-state index < -0.39 is 21.0 Å². The smallest absolute Gasteiger partial charge is 0.270 e. The van der Waals surface area contributed by atoms with E-state index in [1.165, 1.54) is 59.5 Å². The number of carbonyl (C=O) groups is 2. The van der Waals surface area contributed by atoms with Crippen molar-refractivity contribution in [1.29, 1.82) is 0 Å². The lowest BCUT2D eigenvalue weighted by Crippen LogP contribution is -2.22. The molecule has 2 N–H and O–H groups in total. The molecule has 13 heteroatoms. The van der Waals surface area contributed by atoms with Gasteiger partial charge in [0, 0.05) is 51.4 Å². The number of anilines is 2. The van der Waals surface area contributed by atoms with Gasteiger partial charge >= 0.3 is 0 Å². The van der Waals surface area contributed by atoms with Crippen molar-refractivity contribution < 1.29 is 19.4 Å². The summed E-state index contributed by atoms with van der Waals surface area (Å²) in [5.41, 5.74) is 1.72. The number of carbonyl (C=O) groups excluding carboxylic acids is 2. The summed E-state index contributed by atoms with van der Waals surface area (Å²) in [5.74, 6) is -0.702. The third-order valence-corrected chi connectivity index (χ3v) is 7.05. The van der Waals surface area contributed by atoms with E-state index >= 15 is 0 Å². The number of hydrogen-bond acceptors (Lipinski definition) is 9. The Morgan fingerprint density at radius 1 is 0.921 bits per heavy atom. The molecule has 0 spiro atoms. The molecule has 4 aromatic rings. The maximum absolute atomic E-state index is 12.8. The lowest BCUT2D eigenvalue weighted by Gasteiger charge is -2.12. The predicted molar refractivity (Wildman–Crippen MR) is 146 cm³/mol. The van der Waals surface area contributed by atoms with Crippen molar-refractivity contribution in [2.45, 2.75) is 17.1 Å². The van der Waals surface area contributed by atoms with Crippen molar-refractivity contribution in [3.8, 4) is 11.3 Å². The van der Waals surface area contributed by atoms with Crippen LogP contribution in [0.25, 0.3) is 11.3 Å². The normalized spacial score (nSPS) is 11.4. The first kappa shape index (κ1) is 26.4. The van der Waals surface area contributed by atoms with Crippen LogP contribution in [0, 0.1) is 20.2 Å². The van der Waals surface area contributed by atoms with Gasteiger partial charge in [0.25, 0.3) is 17.3 Å². The highest BCUT2D eigenvalue weighted by molar-refractivity contribution is 8.00. The van der Waals surface area contributed by atoms with Crippen LogP contribution in [-0.2, 0) is 4.79 Å². The van der Waals surface area contributed by atoms with E-state index in [-0.39, 0.29) is 22.8 Å². The fourth-order valence-electron chi connectivity index (χ4n) is 3.29. The fourth-order valence-corrected chi connectivity index (χ4v) is 4.94. The topological polar surface area (TPSA) is 157 Å². The zero-order valence-electron chi connectivity index (χ0n) is 19.7. The van der Waals surface area contributed by atoms with Crippen molar-refractivity contribution >= 4 is 57.1 Å². The van der Waals surface area contributed by atoms with Crippen molar-refractivity contribution in [1.82, 2.24) is 4.98 Å². The number of thioether (sulfide) groups is 1. The highest BCUT2D eigenvalue weighted by Gasteiger charge is 2.18. The summed E-state index contributed by atoms with van der Waals surface area (Å²) in [5, 5.41) is 28.9. The van der Waals surface area contributed by atoms with Crippen LogP contribution in [0.5, 0.6) is 0 Å². The van der Waals surface area contributed by atoms with E-state index in [0.29, 0.717) is 22.1 Å². The molecule has 0 bridgehead atoms. The van der Waals surface area contributed by atoms with Crippen molar-refractivity contribution in [2.75, 3.05) is 10.6 Å². The second-order valence-corrected chi connectivity index (χ2v) is 10.2. The van der Waals surface area contributed by atoms with Gasteiger partial charge in [-0.15, -0.1) is 23.1 Å². The van der Waals surface area contributed by atoms with E-state index in [1.807, 2.05) is 0 Å². The lowest BCUT2D eigenvalue weighted by atomic mass is 10.1. The molecular weight excluding hydrogens is 530 g/mol. The van der Waals surface area contributed by atoms with Gasteiger partial charge in [-0.3, -0.25) is 29.8 Å². The quantitative estimate of drug-likeness (QED) is 0.146. The Kier molecular flexibility index (Phi) is 8.09. The van der Waals surface area contributed by atoms with E-state index in [9.17, 15) is 29.8 Å². The second kappa shape index (κ2) is 11.6. The molecule has 1 heterocycles. The summed E-state index contributed by atoms with van der Waals surface area (Å²) in [4.78, 5) is 51.2. The molecule has 0 aliphatic carbocycles. The molecular formula is C25H19N5O6S2. The van der Waals surface area contributed by atoms with Crippen LogP contribution in [0.1, 0.15) is 17.3 Å². The van der Waals surface area contributed by atoms with Crippen molar-refractivity contribution in [2.24, 2.45) is 0 Å². The van der Waals surface area contributed by atoms with E-state index in [4.69, 9.17) is 0 Å². The van der Waals surface area contributed by atoms with Crippen LogP contribution >= 0.6 is 23.1 Å². The highest BCUT2D eigenvalue weighted by atomic mass is 32.2. The Labute approximate surface area is 224 Å². The zero-order valence-corrected chi connectivity index (χ0v) is 21.3. The summed E-state index contributed by atoms with van der Waals surface area (Å²) in [7, 11) is 0. The number of nitro benzene ring substituents is 2. The maximum atomic E-state index is 12.8. The molecule has 1 unspecified atom stereocenters. The SMILES string of the molecule is CC(Sc1cccc(NC(=O)c2ccc([N+](=O)[O-])cc2)c1)C(=O)Nc1nc(-c2cccc([N+](=O)[O-])c2)cs1. The van der Waals surface area contributed by atoms with Crippen LogP contribution in [0.15, 0.2) is 83.1 Å². The fraction of sp³-hybridized carbons (Fsp3) is 0.0800. The molecule has 2 amide bonds. The lowest BCUT2D eigenvalue weighted by molar-refractivity contribution is -0.385. The first-order valence-corrected chi connectivity index (χ1v) is 12.8. The standard InChI is InChI=1S/C25H19N5O6S2/c1-15(23(31)28-25-27-22(14-37-25)17-4-2-6-20(12-17)30(35)36)38-21-7-3-5-18(13-21)26-24(32)16-8-10-19(11-9-16)29(33)34/h2-15H,1H3,(H,26,32)(H,27,28,31). The van der Waals surface area contributed by atoms with E-state index in [2.05, 4.69) is 15.6 Å². The molecule has 192 valence electrons. The molecule has 38 heavy (non-hydrogen) atoms. The van der Waals surface area contributed by atoms with Crippen molar-refractivity contribution in [3.05, 3.63) is 104 Å². The van der Waals surface area contributed by atoms with Gasteiger partial charge in [0.2, 0.25) is 5.91 Å². The van der Waals surface area contributed by atoms with Gasteiger partial charge in [-0.25, -0.2) is 4.98 Å². The van der Waals surface area contributed by atoms with Gasteiger partial charge < -0.3 is 10.6 Å². The van der Waals surface area contributed by atoms with E-state index in [0.717, 1.165) is 4.90 Å². The monoisotopic (exact) mass is 549 g/mol. The molecule has 0 saturated carbocycles. The summed E-state index contributed by atoms with van der Waals surface area (Å²) in [6.45, 7) is 1.73. The number of nitrogens with one attached hydrogen (secondary N) is 2. The Bertz CT molecular complexity index is 1520. The number of nitro groups is 2. The van der Waals surface area contributed by atoms with Gasteiger partial charge in [-0.1, -0.05) is 18.2 Å². The minimum Gasteiger partial charge on any atom is -0.322 e. The molecule has 3 aromatic carbocycles. The number of amides is 2. The van der Waals surface area contributed by atoms with Crippen molar-refractivity contribution in [3.63, 3.8) is 0 Å². The number of hydrogen-bond donors (Lipinski definition) is 2. The Hall–Kier alpha value is -4.62. The summed E-state index contributed by atoms with van der Waals surface area (Å²) in [6.07, 6.45) is 0. The number of non-ortho nitro benzene ring substituents is 2. The zero-order chi connectivity index (χ0) is 27.2. The molecule has 0 aliphatic rings. The van der Waals surface area contributed by atoms with Gasteiger partial charge in [-0.2, -0.15) is 0 Å². The van der Waals surface area contributed by atoms with Gasteiger partial charge in [-0.05, 0) is 37.3 Å². The van der Waals surface area contributed by atoms with Crippen LogP contribution in [0.3, 0.4) is 0 Å². The molecule has 0 saturated heterocycles. The third-order valence-electron chi connectivity index (χ3n) is 5.20. The van der Waals surface area contributed by atoms with Crippen LogP contribution < -0.4 is 10.6 Å². The molecule has 4 rings (SSSR count). The summed E-state index contributed by atoms with van der Waals surface area (Å²) in [6, 6.07) is 18.3. The number of thiazole rings is 1. The number of rotatable bonds is 9. The third kappa shape index (κ3) is 6.57. The number of benzene rings is 3. The van der Waals surface area contributed by atoms with Crippen LogP contribution in [-0.4, -0.2) is 31.9 Å². The summed E-state index contributed by atoms with van der Waals surface area (Å²) >= 11 is 2.50. The molecule has 1 aromatic heterocycles. The Balaban J connectivity index is 1.36. The molecule has 0 fully saturated rings. The first-order chi connectivity index (χ1) is 18.2. The molecule has 11 nitrogen and oxygen atoms in total. The first-order valence-electron chi connectivity index (χ1n) is 11.0. The molecule has 1 atom stereocenters. The maximum Gasteiger partial charge on any atom is 0.270 e. The minimum atomic E-state index is -0.537. The van der Waals surface area contributed by atoms with Crippen LogP contribution in [0.2, 0.25) is 0 Å². The average molecular weight is 550 g/mol. The second-order valence-electron chi connectivity index (χ2n) is 7.88. The minimum absolute atomic E-state index is 0.0442. The Morgan fingerprint density at radius 3 is 2.34 bits per heavy atom. The average Bonchev–Trinajstić information content (AvgIpc) is 3.37. The molecule has 0 radical (unpaired) electrons. The number of aromatic nitrogens is 1. The molecule has 0 aliphatic heterocycles. The van der Waals surface area contributed by atoms with Gasteiger partial charge in [0.15, 0.2) is 5.13 Å².